The highest BCUT2D eigenvalue weighted by molar-refractivity contribution is 7.80. The van der Waals surface area contributed by atoms with E-state index in [2.05, 4.69) is 49.6 Å². The van der Waals surface area contributed by atoms with Crippen LogP contribution in [0.15, 0.2) is 42.5 Å². The monoisotopic (exact) mass is 314 g/mol. The number of thiocarbonyl (C=S) groups is 1. The van der Waals surface area contributed by atoms with Crippen molar-refractivity contribution in [1.82, 2.24) is 5.32 Å². The smallest absolute Gasteiger partial charge is 0.171 e. The van der Waals surface area contributed by atoms with E-state index < -0.39 is 0 Å². The van der Waals surface area contributed by atoms with E-state index in [1.807, 2.05) is 24.3 Å². The van der Waals surface area contributed by atoms with Gasteiger partial charge in [0.2, 0.25) is 0 Å². The first-order valence-corrected chi connectivity index (χ1v) is 7.69. The Bertz CT molecular complexity index is 670. The number of aryl methyl sites for hydroxylation is 2. The van der Waals surface area contributed by atoms with Crippen molar-refractivity contribution in [3.63, 3.8) is 0 Å². The molecule has 0 fully saturated rings. The van der Waals surface area contributed by atoms with Crippen LogP contribution in [-0.4, -0.2) is 12.2 Å². The molecule has 0 spiro atoms. The SMILES string of the molecule is COc1cccc(NC(=S)NC(C)c2cc(C)ccc2C)c1. The van der Waals surface area contributed by atoms with E-state index >= 15 is 0 Å². The summed E-state index contributed by atoms with van der Waals surface area (Å²) in [6.45, 7) is 6.33. The fourth-order valence-corrected chi connectivity index (χ4v) is 2.66. The number of rotatable bonds is 4. The van der Waals surface area contributed by atoms with Gasteiger partial charge in [-0.05, 0) is 56.2 Å². The minimum Gasteiger partial charge on any atom is -0.497 e. The molecule has 0 saturated heterocycles. The third-order valence-corrected chi connectivity index (χ3v) is 3.80. The van der Waals surface area contributed by atoms with Gasteiger partial charge >= 0.3 is 0 Å². The van der Waals surface area contributed by atoms with Crippen LogP contribution in [0.2, 0.25) is 0 Å². The molecule has 0 amide bonds. The van der Waals surface area contributed by atoms with E-state index in [9.17, 15) is 0 Å². The predicted molar refractivity (Wildman–Crippen MR) is 96.7 cm³/mol. The van der Waals surface area contributed by atoms with Gasteiger partial charge < -0.3 is 15.4 Å². The van der Waals surface area contributed by atoms with Gasteiger partial charge in [0.15, 0.2) is 5.11 Å². The van der Waals surface area contributed by atoms with Crippen LogP contribution >= 0.6 is 12.2 Å². The summed E-state index contributed by atoms with van der Waals surface area (Å²) in [5.41, 5.74) is 4.68. The lowest BCUT2D eigenvalue weighted by molar-refractivity contribution is 0.415. The van der Waals surface area contributed by atoms with Crippen molar-refractivity contribution < 1.29 is 4.74 Å². The molecule has 0 bridgehead atoms. The molecule has 0 saturated carbocycles. The maximum Gasteiger partial charge on any atom is 0.171 e. The van der Waals surface area contributed by atoms with Gasteiger partial charge in [-0.25, -0.2) is 0 Å². The van der Waals surface area contributed by atoms with E-state index in [1.54, 1.807) is 7.11 Å². The van der Waals surface area contributed by atoms with Crippen LogP contribution in [0.1, 0.15) is 29.7 Å². The Morgan fingerprint density at radius 3 is 2.64 bits per heavy atom. The molecule has 0 radical (unpaired) electrons. The molecule has 2 N–H and O–H groups in total. The average Bonchev–Trinajstić information content (AvgIpc) is 2.49. The summed E-state index contributed by atoms with van der Waals surface area (Å²) in [6.07, 6.45) is 0. The van der Waals surface area contributed by atoms with Crippen LogP contribution in [0.3, 0.4) is 0 Å². The molecule has 1 unspecified atom stereocenters. The van der Waals surface area contributed by atoms with Crippen molar-refractivity contribution in [2.45, 2.75) is 26.8 Å². The van der Waals surface area contributed by atoms with E-state index in [0.29, 0.717) is 5.11 Å². The van der Waals surface area contributed by atoms with Crippen molar-refractivity contribution in [3.8, 4) is 5.75 Å². The third kappa shape index (κ3) is 4.21. The van der Waals surface area contributed by atoms with E-state index in [4.69, 9.17) is 17.0 Å². The summed E-state index contributed by atoms with van der Waals surface area (Å²) in [7, 11) is 1.65. The lowest BCUT2D eigenvalue weighted by Gasteiger charge is -2.20. The first-order valence-electron chi connectivity index (χ1n) is 7.28. The van der Waals surface area contributed by atoms with Crippen LogP contribution in [0.4, 0.5) is 5.69 Å². The maximum atomic E-state index is 5.40. The van der Waals surface area contributed by atoms with Crippen LogP contribution < -0.4 is 15.4 Å². The Labute approximate surface area is 137 Å². The van der Waals surface area contributed by atoms with Gasteiger partial charge in [-0.1, -0.05) is 29.8 Å². The molecule has 0 aliphatic heterocycles. The molecule has 2 aromatic carbocycles. The van der Waals surface area contributed by atoms with Crippen LogP contribution in [0.5, 0.6) is 5.75 Å². The molecule has 0 aliphatic rings. The van der Waals surface area contributed by atoms with Gasteiger partial charge in [-0.15, -0.1) is 0 Å². The largest absolute Gasteiger partial charge is 0.497 e. The van der Waals surface area contributed by atoms with Crippen molar-refractivity contribution in [2.24, 2.45) is 0 Å². The fourth-order valence-electron chi connectivity index (χ4n) is 2.37. The summed E-state index contributed by atoms with van der Waals surface area (Å²) in [6, 6.07) is 14.3. The zero-order valence-corrected chi connectivity index (χ0v) is 14.3. The predicted octanol–water partition coefficient (Wildman–Crippen LogP) is 4.36. The second-order valence-corrected chi connectivity index (χ2v) is 5.82. The number of anilines is 1. The van der Waals surface area contributed by atoms with Crippen LogP contribution in [0, 0.1) is 13.8 Å². The number of benzene rings is 2. The standard InChI is InChI=1S/C18H22N2OS/c1-12-8-9-13(2)17(10-12)14(3)19-18(22)20-15-6-5-7-16(11-15)21-4/h5-11,14H,1-4H3,(H2,19,20,22). The van der Waals surface area contributed by atoms with Gasteiger partial charge in [0.25, 0.3) is 0 Å². The number of hydrogen-bond acceptors (Lipinski definition) is 2. The molecule has 3 nitrogen and oxygen atoms in total. The second kappa shape index (κ2) is 7.27. The normalized spacial score (nSPS) is 11.6. The molecule has 0 aromatic heterocycles. The molecule has 2 aromatic rings. The van der Waals surface area contributed by atoms with E-state index in [-0.39, 0.29) is 6.04 Å². The zero-order valence-electron chi connectivity index (χ0n) is 13.4. The minimum atomic E-state index is 0.144. The Morgan fingerprint density at radius 2 is 1.91 bits per heavy atom. The molecular formula is C18H22N2OS. The summed E-state index contributed by atoms with van der Waals surface area (Å²) < 4.78 is 5.21. The van der Waals surface area contributed by atoms with Crippen molar-refractivity contribution in [2.75, 3.05) is 12.4 Å². The lowest BCUT2D eigenvalue weighted by atomic mass is 10.0. The minimum absolute atomic E-state index is 0.144. The van der Waals surface area contributed by atoms with Crippen molar-refractivity contribution in [3.05, 3.63) is 59.2 Å². The highest BCUT2D eigenvalue weighted by atomic mass is 32.1. The fraction of sp³-hybridized carbons (Fsp3) is 0.278. The molecule has 0 heterocycles. The topological polar surface area (TPSA) is 33.3 Å². The quantitative estimate of drug-likeness (QED) is 0.822. The molecule has 4 heteroatoms. The van der Waals surface area contributed by atoms with Crippen LogP contribution in [-0.2, 0) is 0 Å². The summed E-state index contributed by atoms with van der Waals surface area (Å²) >= 11 is 5.40. The summed E-state index contributed by atoms with van der Waals surface area (Å²) in [4.78, 5) is 0. The average molecular weight is 314 g/mol. The number of hydrogen-bond donors (Lipinski definition) is 2. The first kappa shape index (κ1) is 16.3. The molecule has 1 atom stereocenters. The highest BCUT2D eigenvalue weighted by Crippen LogP contribution is 2.20. The number of methoxy groups -OCH3 is 1. The molecular weight excluding hydrogens is 292 g/mol. The maximum absolute atomic E-state index is 5.40. The summed E-state index contributed by atoms with van der Waals surface area (Å²) in [5, 5.41) is 7.12. The Hall–Kier alpha value is -2.07. The van der Waals surface area contributed by atoms with Gasteiger partial charge in [-0.3, -0.25) is 0 Å². The number of nitrogens with one attached hydrogen (secondary N) is 2. The van der Waals surface area contributed by atoms with Gasteiger partial charge in [-0.2, -0.15) is 0 Å². The highest BCUT2D eigenvalue weighted by Gasteiger charge is 2.10. The lowest BCUT2D eigenvalue weighted by Crippen LogP contribution is -2.31. The molecule has 2 rings (SSSR count). The number of ether oxygens (including phenoxy) is 1. The van der Waals surface area contributed by atoms with E-state index in [1.165, 1.54) is 16.7 Å². The van der Waals surface area contributed by atoms with Gasteiger partial charge in [0.05, 0.1) is 13.2 Å². The summed E-state index contributed by atoms with van der Waals surface area (Å²) in [5.74, 6) is 0.801. The first-order chi connectivity index (χ1) is 10.5. The Morgan fingerprint density at radius 1 is 1.14 bits per heavy atom. The van der Waals surface area contributed by atoms with Gasteiger partial charge in [0.1, 0.15) is 5.75 Å². The van der Waals surface area contributed by atoms with Crippen molar-refractivity contribution in [1.29, 1.82) is 0 Å². The molecule has 22 heavy (non-hydrogen) atoms. The molecule has 116 valence electrons. The Kier molecular flexibility index (Phi) is 5.39. The Balaban J connectivity index is 2.03. The third-order valence-electron chi connectivity index (χ3n) is 3.58. The van der Waals surface area contributed by atoms with E-state index in [0.717, 1.165) is 11.4 Å². The van der Waals surface area contributed by atoms with Crippen molar-refractivity contribution >= 4 is 23.0 Å². The molecule has 0 aliphatic carbocycles. The zero-order chi connectivity index (χ0) is 16.1. The van der Waals surface area contributed by atoms with Crippen LogP contribution in [0.25, 0.3) is 0 Å². The van der Waals surface area contributed by atoms with Gasteiger partial charge in [0, 0.05) is 11.8 Å². The second-order valence-electron chi connectivity index (χ2n) is 5.41.